The van der Waals surface area contributed by atoms with Gasteiger partial charge in [-0.15, -0.1) is 0 Å². The Morgan fingerprint density at radius 1 is 1.32 bits per heavy atom. The lowest BCUT2D eigenvalue weighted by Crippen LogP contribution is -2.16. The van der Waals surface area contributed by atoms with Crippen molar-refractivity contribution in [3.8, 4) is 0 Å². The zero-order valence-corrected chi connectivity index (χ0v) is 11.8. The van der Waals surface area contributed by atoms with Gasteiger partial charge in [0.1, 0.15) is 0 Å². The summed E-state index contributed by atoms with van der Waals surface area (Å²) in [5.41, 5.74) is 0.547. The van der Waals surface area contributed by atoms with Gasteiger partial charge in [-0.3, -0.25) is 4.79 Å². The number of amides is 1. The van der Waals surface area contributed by atoms with Crippen molar-refractivity contribution >= 4 is 29.2 Å². The van der Waals surface area contributed by atoms with Gasteiger partial charge in [-0.2, -0.15) is 0 Å². The number of rotatable bonds is 6. The number of benzene rings is 1. The topological polar surface area (TPSA) is 66.4 Å². The number of carboxylic acids is 1. The van der Waals surface area contributed by atoms with Gasteiger partial charge in [-0.05, 0) is 24.1 Å². The molecule has 0 spiro atoms. The molecular formula is C14H18ClNO3. The highest BCUT2D eigenvalue weighted by atomic mass is 35.5. The molecule has 1 aromatic rings. The smallest absolute Gasteiger partial charge is 0.337 e. The average Bonchev–Trinajstić information content (AvgIpc) is 2.35. The number of hydrogen-bond donors (Lipinski definition) is 2. The molecule has 4 nitrogen and oxygen atoms in total. The first-order valence-electron chi connectivity index (χ1n) is 6.30. The van der Waals surface area contributed by atoms with Crippen molar-refractivity contribution in [1.29, 1.82) is 0 Å². The summed E-state index contributed by atoms with van der Waals surface area (Å²) in [5, 5.41) is 11.7. The molecule has 1 amide bonds. The van der Waals surface area contributed by atoms with Crippen molar-refractivity contribution in [2.45, 2.75) is 33.1 Å². The van der Waals surface area contributed by atoms with Crippen LogP contribution in [0.25, 0.3) is 0 Å². The largest absolute Gasteiger partial charge is 0.478 e. The fourth-order valence-electron chi connectivity index (χ4n) is 1.82. The van der Waals surface area contributed by atoms with E-state index < -0.39 is 5.97 Å². The number of carbonyl (C=O) groups is 2. The van der Waals surface area contributed by atoms with Crippen LogP contribution in [0.1, 0.15) is 43.5 Å². The van der Waals surface area contributed by atoms with E-state index in [-0.39, 0.29) is 16.5 Å². The maximum atomic E-state index is 11.8. The molecule has 1 aromatic carbocycles. The van der Waals surface area contributed by atoms with Gasteiger partial charge in [0.25, 0.3) is 0 Å². The first-order chi connectivity index (χ1) is 8.97. The molecule has 104 valence electrons. The maximum absolute atomic E-state index is 11.8. The number of carbonyl (C=O) groups excluding carboxylic acids is 1. The number of hydrogen-bond acceptors (Lipinski definition) is 2. The minimum Gasteiger partial charge on any atom is -0.478 e. The molecule has 0 saturated heterocycles. The van der Waals surface area contributed by atoms with Gasteiger partial charge in [0, 0.05) is 12.1 Å². The minimum absolute atomic E-state index is 0.0275. The van der Waals surface area contributed by atoms with Gasteiger partial charge in [-0.1, -0.05) is 38.3 Å². The van der Waals surface area contributed by atoms with E-state index >= 15 is 0 Å². The molecule has 2 N–H and O–H groups in total. The van der Waals surface area contributed by atoms with Crippen LogP contribution in [0.3, 0.4) is 0 Å². The average molecular weight is 284 g/mol. The third kappa shape index (κ3) is 4.56. The van der Waals surface area contributed by atoms with Crippen molar-refractivity contribution < 1.29 is 14.7 Å². The highest BCUT2D eigenvalue weighted by Gasteiger charge is 2.12. The molecule has 0 unspecified atom stereocenters. The van der Waals surface area contributed by atoms with Crippen LogP contribution >= 0.6 is 11.6 Å². The van der Waals surface area contributed by atoms with Crippen molar-refractivity contribution in [3.05, 3.63) is 28.8 Å². The highest BCUT2D eigenvalue weighted by Crippen LogP contribution is 2.22. The van der Waals surface area contributed by atoms with Gasteiger partial charge in [0.2, 0.25) is 5.91 Å². The lowest BCUT2D eigenvalue weighted by molar-refractivity contribution is -0.117. The second-order valence-corrected chi connectivity index (χ2v) is 4.84. The summed E-state index contributed by atoms with van der Waals surface area (Å²) in [7, 11) is 0. The Morgan fingerprint density at radius 2 is 1.95 bits per heavy atom. The third-order valence-electron chi connectivity index (χ3n) is 3.11. The highest BCUT2D eigenvalue weighted by molar-refractivity contribution is 6.33. The van der Waals surface area contributed by atoms with Gasteiger partial charge >= 0.3 is 5.97 Å². The molecule has 0 atom stereocenters. The molecule has 0 aliphatic heterocycles. The number of carboxylic acid groups (broad SMARTS) is 1. The maximum Gasteiger partial charge on any atom is 0.337 e. The van der Waals surface area contributed by atoms with E-state index in [1.807, 2.05) is 0 Å². The van der Waals surface area contributed by atoms with E-state index in [0.717, 1.165) is 12.8 Å². The Hall–Kier alpha value is -1.55. The molecule has 19 heavy (non-hydrogen) atoms. The fraction of sp³-hybridized carbons (Fsp3) is 0.429. The van der Waals surface area contributed by atoms with Crippen LogP contribution in [0.2, 0.25) is 5.02 Å². The summed E-state index contributed by atoms with van der Waals surface area (Å²) < 4.78 is 0. The molecule has 0 bridgehead atoms. The second-order valence-electron chi connectivity index (χ2n) is 4.43. The molecule has 0 radical (unpaired) electrons. The molecule has 0 saturated carbocycles. The Kier molecular flexibility index (Phi) is 5.83. The van der Waals surface area contributed by atoms with E-state index in [2.05, 4.69) is 19.2 Å². The fourth-order valence-corrected chi connectivity index (χ4v) is 2.08. The predicted octanol–water partition coefficient (Wildman–Crippen LogP) is 3.80. The number of nitrogens with one attached hydrogen (secondary N) is 1. The Morgan fingerprint density at radius 3 is 2.42 bits per heavy atom. The van der Waals surface area contributed by atoms with Gasteiger partial charge in [0.05, 0.1) is 10.6 Å². The van der Waals surface area contributed by atoms with Crippen LogP contribution in [0.5, 0.6) is 0 Å². The molecule has 0 fully saturated rings. The number of anilines is 1. The summed E-state index contributed by atoms with van der Waals surface area (Å²) in [6.07, 6.45) is 2.39. The van der Waals surface area contributed by atoms with E-state index in [1.165, 1.54) is 12.1 Å². The van der Waals surface area contributed by atoms with Crippen LogP contribution in [-0.2, 0) is 4.79 Å². The Labute approximate surface area is 117 Å². The Balaban J connectivity index is 2.70. The van der Waals surface area contributed by atoms with Crippen molar-refractivity contribution in [2.24, 2.45) is 5.92 Å². The zero-order valence-electron chi connectivity index (χ0n) is 11.1. The van der Waals surface area contributed by atoms with Crippen LogP contribution in [0, 0.1) is 5.92 Å². The Bertz CT molecular complexity index is 470. The number of halogens is 1. The molecule has 0 aliphatic rings. The molecule has 1 rings (SSSR count). The van der Waals surface area contributed by atoms with E-state index in [0.29, 0.717) is 18.0 Å². The van der Waals surface area contributed by atoms with Crippen LogP contribution < -0.4 is 5.32 Å². The summed E-state index contributed by atoms with van der Waals surface area (Å²) in [4.78, 5) is 22.6. The normalized spacial score (nSPS) is 10.5. The molecule has 0 aromatic heterocycles. The van der Waals surface area contributed by atoms with Crippen molar-refractivity contribution in [1.82, 2.24) is 0 Å². The van der Waals surface area contributed by atoms with Gasteiger partial charge in [0.15, 0.2) is 0 Å². The lowest BCUT2D eigenvalue weighted by Gasteiger charge is -2.12. The summed E-state index contributed by atoms with van der Waals surface area (Å²) in [5.74, 6) is -0.790. The number of aromatic carboxylic acids is 1. The standard InChI is InChI=1S/C14H18ClNO3/c1-3-9(4-2)7-13(17)16-10-5-6-11(14(18)19)12(15)8-10/h5-6,8-9H,3-4,7H2,1-2H3,(H,16,17)(H,18,19). The molecular weight excluding hydrogens is 266 g/mol. The minimum atomic E-state index is -1.08. The van der Waals surface area contributed by atoms with E-state index in [4.69, 9.17) is 16.7 Å². The molecule has 0 aliphatic carbocycles. The summed E-state index contributed by atoms with van der Waals surface area (Å²) in [6, 6.07) is 4.38. The van der Waals surface area contributed by atoms with E-state index in [9.17, 15) is 9.59 Å². The van der Waals surface area contributed by atoms with Gasteiger partial charge in [-0.25, -0.2) is 4.79 Å². The second kappa shape index (κ2) is 7.14. The van der Waals surface area contributed by atoms with Crippen molar-refractivity contribution in [3.63, 3.8) is 0 Å². The first-order valence-corrected chi connectivity index (χ1v) is 6.68. The predicted molar refractivity (Wildman–Crippen MR) is 75.7 cm³/mol. The van der Waals surface area contributed by atoms with Crippen LogP contribution in [0.4, 0.5) is 5.69 Å². The lowest BCUT2D eigenvalue weighted by atomic mass is 9.99. The van der Waals surface area contributed by atoms with E-state index in [1.54, 1.807) is 6.07 Å². The third-order valence-corrected chi connectivity index (χ3v) is 3.42. The quantitative estimate of drug-likeness (QED) is 0.834. The van der Waals surface area contributed by atoms with Crippen LogP contribution in [0.15, 0.2) is 18.2 Å². The molecule has 0 heterocycles. The molecule has 5 heteroatoms. The monoisotopic (exact) mass is 283 g/mol. The van der Waals surface area contributed by atoms with Crippen molar-refractivity contribution in [2.75, 3.05) is 5.32 Å². The van der Waals surface area contributed by atoms with Gasteiger partial charge < -0.3 is 10.4 Å². The summed E-state index contributed by atoms with van der Waals surface area (Å²) in [6.45, 7) is 4.11. The first kappa shape index (κ1) is 15.5. The zero-order chi connectivity index (χ0) is 14.4. The van der Waals surface area contributed by atoms with Crippen LogP contribution in [-0.4, -0.2) is 17.0 Å². The summed E-state index contributed by atoms with van der Waals surface area (Å²) >= 11 is 5.84. The SMILES string of the molecule is CCC(CC)CC(=O)Nc1ccc(C(=O)O)c(Cl)c1.